The second kappa shape index (κ2) is 9.27. The molecule has 0 aliphatic heterocycles. The topological polar surface area (TPSA) is 77.5 Å². The molecule has 3 N–H and O–H groups in total. The van der Waals surface area contributed by atoms with Gasteiger partial charge in [0.15, 0.2) is 5.96 Å². The molecule has 0 saturated carbocycles. The first-order chi connectivity index (χ1) is 12.4. The first kappa shape index (κ1) is 21.3. The minimum atomic E-state index is 0. The van der Waals surface area contributed by atoms with Crippen LogP contribution in [0.4, 0.5) is 5.69 Å². The molecule has 0 bridgehead atoms. The zero-order chi connectivity index (χ0) is 18.7. The van der Waals surface area contributed by atoms with Crippen LogP contribution in [0.5, 0.6) is 5.75 Å². The summed E-state index contributed by atoms with van der Waals surface area (Å²) in [5.41, 5.74) is 8.69. The Morgan fingerprint density at radius 1 is 1.26 bits per heavy atom. The normalized spacial score (nSPS) is 11.5. The van der Waals surface area contributed by atoms with Crippen molar-refractivity contribution in [3.05, 3.63) is 53.3 Å². The van der Waals surface area contributed by atoms with E-state index >= 15 is 0 Å². The number of anilines is 1. The minimum Gasteiger partial charge on any atom is -0.491 e. The van der Waals surface area contributed by atoms with Crippen LogP contribution in [-0.4, -0.2) is 21.6 Å². The predicted molar refractivity (Wildman–Crippen MR) is 122 cm³/mol. The molecule has 0 spiro atoms. The smallest absolute Gasteiger partial charge is 0.193 e. The van der Waals surface area contributed by atoms with E-state index in [0.717, 1.165) is 28.3 Å². The fourth-order valence-corrected chi connectivity index (χ4v) is 2.76. The first-order valence-corrected chi connectivity index (χ1v) is 8.74. The van der Waals surface area contributed by atoms with Gasteiger partial charge >= 0.3 is 0 Å². The van der Waals surface area contributed by atoms with E-state index in [1.807, 2.05) is 67.9 Å². The van der Waals surface area contributed by atoms with Crippen molar-refractivity contribution in [1.82, 2.24) is 9.55 Å². The quantitative estimate of drug-likeness (QED) is 0.307. The third kappa shape index (κ3) is 5.49. The fraction of sp³-hybridized carbons (Fsp3) is 0.263. The summed E-state index contributed by atoms with van der Waals surface area (Å²) in [5.74, 6) is 1.96. The summed E-state index contributed by atoms with van der Waals surface area (Å²) in [5, 5.41) is 3.73. The van der Waals surface area contributed by atoms with Crippen LogP contribution in [-0.2, 0) is 13.6 Å². The zero-order valence-electron chi connectivity index (χ0n) is 15.4. The van der Waals surface area contributed by atoms with Crippen LogP contribution in [0, 0.1) is 0 Å². The molecule has 0 saturated heterocycles. The highest BCUT2D eigenvalue weighted by Crippen LogP contribution is 2.20. The van der Waals surface area contributed by atoms with Crippen molar-refractivity contribution in [2.24, 2.45) is 17.8 Å². The van der Waals surface area contributed by atoms with Gasteiger partial charge in [0.05, 0.1) is 17.1 Å². The van der Waals surface area contributed by atoms with Crippen LogP contribution < -0.4 is 15.8 Å². The van der Waals surface area contributed by atoms with Crippen molar-refractivity contribution in [1.29, 1.82) is 0 Å². The Morgan fingerprint density at radius 3 is 2.63 bits per heavy atom. The average Bonchev–Trinajstić information content (AvgIpc) is 2.89. The molecule has 8 heteroatoms. The van der Waals surface area contributed by atoms with Crippen LogP contribution in [0.1, 0.15) is 19.7 Å². The van der Waals surface area contributed by atoms with Crippen LogP contribution in [0.25, 0.3) is 11.0 Å². The molecular weight excluding hydrogens is 477 g/mol. The molecule has 0 aliphatic carbocycles. The van der Waals surface area contributed by atoms with E-state index in [0.29, 0.717) is 17.5 Å². The number of ether oxygens (including phenoxy) is 1. The molecule has 1 aromatic heterocycles. The molecule has 1 heterocycles. The van der Waals surface area contributed by atoms with Gasteiger partial charge in [0.2, 0.25) is 0 Å². The van der Waals surface area contributed by atoms with E-state index in [1.54, 1.807) is 0 Å². The number of nitrogens with two attached hydrogens (primary N) is 1. The number of halogens is 2. The molecule has 0 amide bonds. The number of imidazole rings is 1. The van der Waals surface area contributed by atoms with Crippen molar-refractivity contribution < 1.29 is 4.74 Å². The van der Waals surface area contributed by atoms with Gasteiger partial charge in [-0.25, -0.2) is 9.98 Å². The molecule has 3 rings (SSSR count). The molecule has 2 aromatic carbocycles. The highest BCUT2D eigenvalue weighted by Gasteiger charge is 2.08. The lowest BCUT2D eigenvalue weighted by Gasteiger charge is -2.11. The number of guanidine groups is 1. The highest BCUT2D eigenvalue weighted by molar-refractivity contribution is 14.0. The van der Waals surface area contributed by atoms with Crippen LogP contribution in [0.2, 0.25) is 5.02 Å². The maximum atomic E-state index is 6.02. The maximum absolute atomic E-state index is 6.02. The zero-order valence-corrected chi connectivity index (χ0v) is 18.5. The number of rotatable bonds is 5. The molecule has 3 aromatic rings. The Labute approximate surface area is 180 Å². The molecule has 27 heavy (non-hydrogen) atoms. The largest absolute Gasteiger partial charge is 0.491 e. The number of fused-ring (bicyclic) bond motifs is 1. The highest BCUT2D eigenvalue weighted by atomic mass is 127. The number of benzene rings is 2. The lowest BCUT2D eigenvalue weighted by molar-refractivity contribution is 0.242. The summed E-state index contributed by atoms with van der Waals surface area (Å²) in [6.07, 6.45) is 0.142. The predicted octanol–water partition coefficient (Wildman–Crippen LogP) is 4.56. The summed E-state index contributed by atoms with van der Waals surface area (Å²) in [6.45, 7) is 4.35. The second-order valence-corrected chi connectivity index (χ2v) is 6.67. The average molecular weight is 500 g/mol. The van der Waals surface area contributed by atoms with Crippen molar-refractivity contribution >= 4 is 58.3 Å². The Hall–Kier alpha value is -2.00. The van der Waals surface area contributed by atoms with Gasteiger partial charge in [-0.05, 0) is 56.3 Å². The molecule has 0 fully saturated rings. The molecule has 144 valence electrons. The Kier molecular flexibility index (Phi) is 7.32. The van der Waals surface area contributed by atoms with Gasteiger partial charge in [-0.1, -0.05) is 11.6 Å². The lowest BCUT2D eigenvalue weighted by atomic mass is 10.3. The van der Waals surface area contributed by atoms with Gasteiger partial charge in [-0.2, -0.15) is 0 Å². The van der Waals surface area contributed by atoms with Gasteiger partial charge in [0.1, 0.15) is 18.1 Å². The molecular formula is C19H23ClIN5O. The SMILES string of the molecule is CC(C)Oc1ccc(NC(N)=NCc2nc3cc(Cl)ccc3n2C)cc1.I. The lowest BCUT2D eigenvalue weighted by Crippen LogP contribution is -2.22. The van der Waals surface area contributed by atoms with Gasteiger partial charge in [0.25, 0.3) is 0 Å². The van der Waals surface area contributed by atoms with Gasteiger partial charge in [0, 0.05) is 17.8 Å². The summed E-state index contributed by atoms with van der Waals surface area (Å²) < 4.78 is 7.61. The Morgan fingerprint density at radius 2 is 1.96 bits per heavy atom. The summed E-state index contributed by atoms with van der Waals surface area (Å²) in [4.78, 5) is 8.94. The van der Waals surface area contributed by atoms with Crippen molar-refractivity contribution in [2.75, 3.05) is 5.32 Å². The summed E-state index contributed by atoms with van der Waals surface area (Å²) >= 11 is 6.02. The van der Waals surface area contributed by atoms with Crippen molar-refractivity contribution in [3.8, 4) is 5.75 Å². The molecule has 0 unspecified atom stereocenters. The monoisotopic (exact) mass is 499 g/mol. The van der Waals surface area contributed by atoms with Crippen molar-refractivity contribution in [3.63, 3.8) is 0 Å². The molecule has 0 radical (unpaired) electrons. The van der Waals surface area contributed by atoms with E-state index < -0.39 is 0 Å². The number of aryl methyl sites for hydroxylation is 1. The van der Waals surface area contributed by atoms with Crippen LogP contribution in [0.3, 0.4) is 0 Å². The van der Waals surface area contributed by atoms with E-state index in [4.69, 9.17) is 22.1 Å². The van der Waals surface area contributed by atoms with E-state index in [-0.39, 0.29) is 30.1 Å². The summed E-state index contributed by atoms with van der Waals surface area (Å²) in [7, 11) is 1.95. The fourth-order valence-electron chi connectivity index (χ4n) is 2.60. The third-order valence-electron chi connectivity index (χ3n) is 3.82. The van der Waals surface area contributed by atoms with Crippen LogP contribution >= 0.6 is 35.6 Å². The van der Waals surface area contributed by atoms with E-state index in [9.17, 15) is 0 Å². The molecule has 6 nitrogen and oxygen atoms in total. The standard InChI is InChI=1S/C19H22ClN5O.HI/c1-12(2)26-15-7-5-14(6-8-15)23-19(21)22-11-18-24-16-10-13(20)4-9-17(16)25(18)3;/h4-10,12H,11H2,1-3H3,(H3,21,22,23);1H. The summed E-state index contributed by atoms with van der Waals surface area (Å²) in [6, 6.07) is 13.2. The number of hydrogen-bond donors (Lipinski definition) is 2. The maximum Gasteiger partial charge on any atom is 0.193 e. The minimum absolute atomic E-state index is 0. The first-order valence-electron chi connectivity index (χ1n) is 8.37. The second-order valence-electron chi connectivity index (χ2n) is 6.24. The van der Waals surface area contributed by atoms with E-state index in [1.165, 1.54) is 0 Å². The third-order valence-corrected chi connectivity index (χ3v) is 4.06. The van der Waals surface area contributed by atoms with Gasteiger partial charge in [-0.15, -0.1) is 24.0 Å². The van der Waals surface area contributed by atoms with Crippen molar-refractivity contribution in [2.45, 2.75) is 26.5 Å². The molecule has 0 aliphatic rings. The van der Waals surface area contributed by atoms with E-state index in [2.05, 4.69) is 15.3 Å². The number of aromatic nitrogens is 2. The van der Waals surface area contributed by atoms with Gasteiger partial charge < -0.3 is 20.4 Å². The number of aliphatic imine (C=N–C) groups is 1. The molecule has 0 atom stereocenters. The Balaban J connectivity index is 0.00000261. The van der Waals surface area contributed by atoms with Crippen LogP contribution in [0.15, 0.2) is 47.5 Å². The number of hydrogen-bond acceptors (Lipinski definition) is 3. The number of nitrogens with one attached hydrogen (secondary N) is 1. The van der Waals surface area contributed by atoms with Gasteiger partial charge in [-0.3, -0.25) is 0 Å². The Bertz CT molecular complexity index is 937. The number of nitrogens with zero attached hydrogens (tertiary/aromatic N) is 3.